The van der Waals surface area contributed by atoms with Crippen molar-refractivity contribution in [2.24, 2.45) is 7.05 Å². The highest BCUT2D eigenvalue weighted by Crippen LogP contribution is 2.14. The SMILES string of the molecule is Cc1nn(C)c(C)c1CC(C)NC(=O)NCc1ccccc1CO. The summed E-state index contributed by atoms with van der Waals surface area (Å²) < 4.78 is 1.86. The summed E-state index contributed by atoms with van der Waals surface area (Å²) in [7, 11) is 1.93. The molecule has 0 saturated heterocycles. The van der Waals surface area contributed by atoms with E-state index in [1.165, 1.54) is 5.56 Å². The summed E-state index contributed by atoms with van der Waals surface area (Å²) >= 11 is 0. The number of aliphatic hydroxyl groups excluding tert-OH is 1. The Balaban J connectivity index is 1.88. The van der Waals surface area contributed by atoms with Gasteiger partial charge in [0.1, 0.15) is 0 Å². The lowest BCUT2D eigenvalue weighted by Gasteiger charge is -2.16. The highest BCUT2D eigenvalue weighted by molar-refractivity contribution is 5.74. The van der Waals surface area contributed by atoms with E-state index in [2.05, 4.69) is 15.7 Å². The van der Waals surface area contributed by atoms with Crippen LogP contribution in [-0.4, -0.2) is 27.0 Å². The number of amides is 2. The summed E-state index contributed by atoms with van der Waals surface area (Å²) in [4.78, 5) is 12.1. The van der Waals surface area contributed by atoms with E-state index in [0.717, 1.165) is 28.9 Å². The van der Waals surface area contributed by atoms with E-state index >= 15 is 0 Å². The number of aliphatic hydroxyl groups is 1. The largest absolute Gasteiger partial charge is 0.392 e. The maximum absolute atomic E-state index is 12.1. The Morgan fingerprint density at radius 1 is 1.29 bits per heavy atom. The number of aryl methyl sites for hydroxylation is 2. The van der Waals surface area contributed by atoms with E-state index in [4.69, 9.17) is 0 Å². The van der Waals surface area contributed by atoms with E-state index in [9.17, 15) is 9.90 Å². The monoisotopic (exact) mass is 330 g/mol. The summed E-state index contributed by atoms with van der Waals surface area (Å²) in [5, 5.41) is 19.5. The van der Waals surface area contributed by atoms with Crippen LogP contribution in [0, 0.1) is 13.8 Å². The molecule has 1 aromatic carbocycles. The van der Waals surface area contributed by atoms with Gasteiger partial charge in [-0.15, -0.1) is 0 Å². The minimum absolute atomic E-state index is 0.000291. The summed E-state index contributed by atoms with van der Waals surface area (Å²) in [6.07, 6.45) is 0.742. The standard InChI is InChI=1S/C18H26N4O2/c1-12(9-17-13(2)21-22(4)14(17)3)20-18(24)19-10-15-7-5-6-8-16(15)11-23/h5-8,12,23H,9-11H2,1-4H3,(H2,19,20,24). The first-order chi connectivity index (χ1) is 11.4. The second kappa shape index (κ2) is 7.97. The van der Waals surface area contributed by atoms with Crippen LogP contribution in [0.5, 0.6) is 0 Å². The van der Waals surface area contributed by atoms with Crippen molar-refractivity contribution in [3.8, 4) is 0 Å². The van der Waals surface area contributed by atoms with Gasteiger partial charge in [-0.3, -0.25) is 4.68 Å². The molecule has 3 N–H and O–H groups in total. The molecule has 0 radical (unpaired) electrons. The molecule has 1 unspecified atom stereocenters. The molecule has 24 heavy (non-hydrogen) atoms. The summed E-state index contributed by atoms with van der Waals surface area (Å²) in [5.41, 5.74) is 5.05. The van der Waals surface area contributed by atoms with Gasteiger partial charge in [0.15, 0.2) is 0 Å². The van der Waals surface area contributed by atoms with Gasteiger partial charge in [-0.1, -0.05) is 24.3 Å². The van der Waals surface area contributed by atoms with Crippen molar-refractivity contribution in [3.63, 3.8) is 0 Å². The maximum Gasteiger partial charge on any atom is 0.315 e. The Bertz CT molecular complexity index is 709. The van der Waals surface area contributed by atoms with E-state index in [-0.39, 0.29) is 18.7 Å². The lowest BCUT2D eigenvalue weighted by atomic mass is 10.1. The topological polar surface area (TPSA) is 79.2 Å². The molecule has 0 aliphatic carbocycles. The molecule has 0 aliphatic heterocycles. The molecular formula is C18H26N4O2. The van der Waals surface area contributed by atoms with Crippen molar-refractivity contribution >= 4 is 6.03 Å². The fraction of sp³-hybridized carbons (Fsp3) is 0.444. The second-order valence-corrected chi connectivity index (χ2v) is 6.13. The minimum atomic E-state index is -0.213. The van der Waals surface area contributed by atoms with Gasteiger partial charge in [0.05, 0.1) is 12.3 Å². The molecule has 2 rings (SSSR count). The second-order valence-electron chi connectivity index (χ2n) is 6.13. The normalized spacial score (nSPS) is 12.0. The van der Waals surface area contributed by atoms with Crippen LogP contribution >= 0.6 is 0 Å². The smallest absolute Gasteiger partial charge is 0.315 e. The number of nitrogens with one attached hydrogen (secondary N) is 2. The molecule has 1 atom stereocenters. The van der Waals surface area contributed by atoms with E-state index in [1.807, 2.05) is 56.8 Å². The van der Waals surface area contributed by atoms with Gasteiger partial charge in [0, 0.05) is 25.3 Å². The molecule has 2 aromatic rings. The van der Waals surface area contributed by atoms with Crippen molar-refractivity contribution < 1.29 is 9.90 Å². The number of urea groups is 1. The first-order valence-corrected chi connectivity index (χ1v) is 8.13. The van der Waals surface area contributed by atoms with Gasteiger partial charge in [-0.25, -0.2) is 4.79 Å². The highest BCUT2D eigenvalue weighted by Gasteiger charge is 2.14. The quantitative estimate of drug-likeness (QED) is 0.757. The van der Waals surface area contributed by atoms with E-state index < -0.39 is 0 Å². The van der Waals surface area contributed by atoms with E-state index in [1.54, 1.807) is 0 Å². The molecule has 6 heteroatoms. The molecule has 1 aromatic heterocycles. The van der Waals surface area contributed by atoms with Crippen LogP contribution in [0.4, 0.5) is 4.79 Å². The lowest BCUT2D eigenvalue weighted by Crippen LogP contribution is -2.41. The highest BCUT2D eigenvalue weighted by atomic mass is 16.3. The molecule has 0 aliphatic rings. The van der Waals surface area contributed by atoms with Gasteiger partial charge >= 0.3 is 6.03 Å². The molecule has 2 amide bonds. The molecule has 0 bridgehead atoms. The first-order valence-electron chi connectivity index (χ1n) is 8.13. The number of aromatic nitrogens is 2. The summed E-state index contributed by atoms with van der Waals surface area (Å²) in [6.45, 7) is 6.36. The third-order valence-corrected chi connectivity index (χ3v) is 4.27. The maximum atomic E-state index is 12.1. The number of rotatable bonds is 6. The average Bonchev–Trinajstić information content (AvgIpc) is 2.79. The van der Waals surface area contributed by atoms with Crippen LogP contribution in [0.15, 0.2) is 24.3 Å². The Hall–Kier alpha value is -2.34. The number of carbonyl (C=O) groups is 1. The summed E-state index contributed by atoms with van der Waals surface area (Å²) in [5.74, 6) is 0. The van der Waals surface area contributed by atoms with Crippen molar-refractivity contribution in [1.29, 1.82) is 0 Å². The fourth-order valence-electron chi connectivity index (χ4n) is 2.80. The molecule has 0 saturated carbocycles. The van der Waals surface area contributed by atoms with Crippen molar-refractivity contribution in [2.75, 3.05) is 0 Å². The Morgan fingerprint density at radius 2 is 1.96 bits per heavy atom. The molecule has 0 spiro atoms. The number of benzene rings is 1. The van der Waals surface area contributed by atoms with Crippen molar-refractivity contribution in [3.05, 3.63) is 52.3 Å². The number of hydrogen-bond donors (Lipinski definition) is 3. The number of nitrogens with zero attached hydrogens (tertiary/aromatic N) is 2. The van der Waals surface area contributed by atoms with Gasteiger partial charge < -0.3 is 15.7 Å². The molecule has 6 nitrogen and oxygen atoms in total. The molecule has 1 heterocycles. The Labute approximate surface area is 142 Å². The van der Waals surface area contributed by atoms with Crippen LogP contribution in [-0.2, 0) is 26.6 Å². The van der Waals surface area contributed by atoms with Crippen LogP contribution in [0.1, 0.15) is 35.0 Å². The fourth-order valence-corrected chi connectivity index (χ4v) is 2.80. The number of carbonyl (C=O) groups excluding carboxylic acids is 1. The zero-order valence-electron chi connectivity index (χ0n) is 14.8. The van der Waals surface area contributed by atoms with Gasteiger partial charge in [0.2, 0.25) is 0 Å². The van der Waals surface area contributed by atoms with Crippen LogP contribution < -0.4 is 10.6 Å². The lowest BCUT2D eigenvalue weighted by molar-refractivity contribution is 0.237. The predicted octanol–water partition coefficient (Wildman–Crippen LogP) is 1.96. The molecular weight excluding hydrogens is 304 g/mol. The molecule has 130 valence electrons. The summed E-state index contributed by atoms with van der Waals surface area (Å²) in [6, 6.07) is 7.30. The van der Waals surface area contributed by atoms with Gasteiger partial charge in [-0.2, -0.15) is 5.10 Å². The van der Waals surface area contributed by atoms with Crippen LogP contribution in [0.25, 0.3) is 0 Å². The minimum Gasteiger partial charge on any atom is -0.392 e. The molecule has 0 fully saturated rings. The van der Waals surface area contributed by atoms with E-state index in [0.29, 0.717) is 6.54 Å². The van der Waals surface area contributed by atoms with Crippen molar-refractivity contribution in [2.45, 2.75) is 46.4 Å². The third-order valence-electron chi connectivity index (χ3n) is 4.27. The van der Waals surface area contributed by atoms with Crippen LogP contribution in [0.3, 0.4) is 0 Å². The zero-order chi connectivity index (χ0) is 17.7. The average molecular weight is 330 g/mol. The zero-order valence-corrected chi connectivity index (χ0v) is 14.8. The predicted molar refractivity (Wildman–Crippen MR) is 93.6 cm³/mol. The third kappa shape index (κ3) is 4.35. The Kier molecular flexibility index (Phi) is 5.98. The van der Waals surface area contributed by atoms with Crippen LogP contribution in [0.2, 0.25) is 0 Å². The van der Waals surface area contributed by atoms with Gasteiger partial charge in [0.25, 0.3) is 0 Å². The van der Waals surface area contributed by atoms with Crippen molar-refractivity contribution in [1.82, 2.24) is 20.4 Å². The Morgan fingerprint density at radius 3 is 2.54 bits per heavy atom. The van der Waals surface area contributed by atoms with Gasteiger partial charge in [-0.05, 0) is 43.9 Å². The number of hydrogen-bond acceptors (Lipinski definition) is 3. The first kappa shape index (κ1) is 18.0.